The Balaban J connectivity index is 2.26. The second kappa shape index (κ2) is 5.14. The smallest absolute Gasteiger partial charge is 0.256 e. The van der Waals surface area contributed by atoms with Crippen LogP contribution in [-0.2, 0) is 0 Å². The summed E-state index contributed by atoms with van der Waals surface area (Å²) in [5, 5.41) is 2.90. The van der Waals surface area contributed by atoms with Crippen LogP contribution in [0.4, 0.5) is 11.4 Å². The minimum atomic E-state index is -0.131. The third-order valence-corrected chi connectivity index (χ3v) is 3.39. The van der Waals surface area contributed by atoms with Crippen LogP contribution in [-0.4, -0.2) is 5.91 Å². The fourth-order valence-corrected chi connectivity index (χ4v) is 1.92. The molecule has 0 heterocycles. The van der Waals surface area contributed by atoms with E-state index in [0.29, 0.717) is 11.3 Å². The highest BCUT2D eigenvalue weighted by atomic mass is 16.1. The molecule has 0 unspecified atom stereocenters. The van der Waals surface area contributed by atoms with Gasteiger partial charge < -0.3 is 11.1 Å². The van der Waals surface area contributed by atoms with Crippen LogP contribution in [0.25, 0.3) is 0 Å². The molecule has 0 saturated carbocycles. The quantitative estimate of drug-likeness (QED) is 0.806. The number of carbonyl (C=O) groups excluding carboxylic acids is 1. The zero-order valence-corrected chi connectivity index (χ0v) is 11.4. The molecule has 3 N–H and O–H groups in total. The van der Waals surface area contributed by atoms with E-state index < -0.39 is 0 Å². The van der Waals surface area contributed by atoms with Gasteiger partial charge in [0.05, 0.1) is 0 Å². The molecule has 0 aromatic heterocycles. The van der Waals surface area contributed by atoms with Gasteiger partial charge in [-0.3, -0.25) is 4.79 Å². The Morgan fingerprint density at radius 2 is 1.79 bits per heavy atom. The zero-order chi connectivity index (χ0) is 14.0. The summed E-state index contributed by atoms with van der Waals surface area (Å²) >= 11 is 0. The van der Waals surface area contributed by atoms with Gasteiger partial charge in [0.15, 0.2) is 0 Å². The zero-order valence-electron chi connectivity index (χ0n) is 11.4. The van der Waals surface area contributed by atoms with Gasteiger partial charge in [0.25, 0.3) is 5.91 Å². The molecule has 2 aromatic carbocycles. The highest BCUT2D eigenvalue weighted by molar-refractivity contribution is 6.06. The van der Waals surface area contributed by atoms with Crippen LogP contribution in [0.5, 0.6) is 0 Å². The molecule has 3 heteroatoms. The largest absolute Gasteiger partial charge is 0.398 e. The molecular weight excluding hydrogens is 236 g/mol. The summed E-state index contributed by atoms with van der Waals surface area (Å²) < 4.78 is 0. The van der Waals surface area contributed by atoms with Crippen LogP contribution in [0.2, 0.25) is 0 Å². The molecule has 0 atom stereocenters. The van der Waals surface area contributed by atoms with Crippen molar-refractivity contribution in [2.75, 3.05) is 11.1 Å². The van der Waals surface area contributed by atoms with Crippen molar-refractivity contribution in [1.82, 2.24) is 0 Å². The number of nitrogens with two attached hydrogens (primary N) is 1. The van der Waals surface area contributed by atoms with Crippen molar-refractivity contribution in [3.8, 4) is 0 Å². The fraction of sp³-hybridized carbons (Fsp3) is 0.188. The highest BCUT2D eigenvalue weighted by Gasteiger charge is 2.10. The summed E-state index contributed by atoms with van der Waals surface area (Å²) in [6.07, 6.45) is 0. The van der Waals surface area contributed by atoms with Crippen LogP contribution in [0.1, 0.15) is 27.0 Å². The lowest BCUT2D eigenvalue weighted by Crippen LogP contribution is -2.14. The van der Waals surface area contributed by atoms with Gasteiger partial charge in [-0.2, -0.15) is 0 Å². The van der Waals surface area contributed by atoms with E-state index in [2.05, 4.69) is 5.32 Å². The number of aryl methyl sites for hydroxylation is 2. The predicted octanol–water partition coefficient (Wildman–Crippen LogP) is 3.45. The Hall–Kier alpha value is -2.29. The standard InChI is InChI=1S/C16H18N2O/c1-10-7-8-13(9-11(10)2)18-16(19)14-5-4-6-15(17)12(14)3/h4-9H,17H2,1-3H3,(H,18,19). The number of hydrogen-bond donors (Lipinski definition) is 2. The van der Waals surface area contributed by atoms with Gasteiger partial charge in [0.2, 0.25) is 0 Å². The van der Waals surface area contributed by atoms with E-state index in [1.807, 2.05) is 39.0 Å². The summed E-state index contributed by atoms with van der Waals surface area (Å²) in [7, 11) is 0. The lowest BCUT2D eigenvalue weighted by molar-refractivity contribution is 0.102. The molecule has 19 heavy (non-hydrogen) atoms. The predicted molar refractivity (Wildman–Crippen MR) is 79.5 cm³/mol. The molecule has 3 nitrogen and oxygen atoms in total. The molecule has 0 bridgehead atoms. The van der Waals surface area contributed by atoms with Gasteiger partial charge >= 0.3 is 0 Å². The summed E-state index contributed by atoms with van der Waals surface area (Å²) in [6.45, 7) is 5.92. The maximum Gasteiger partial charge on any atom is 0.256 e. The van der Waals surface area contributed by atoms with E-state index in [0.717, 1.165) is 16.8 Å². The molecule has 2 rings (SSSR count). The van der Waals surface area contributed by atoms with E-state index in [1.165, 1.54) is 5.56 Å². The Labute approximate surface area is 113 Å². The van der Waals surface area contributed by atoms with Crippen LogP contribution in [0.3, 0.4) is 0 Å². The first-order chi connectivity index (χ1) is 8.99. The van der Waals surface area contributed by atoms with Crippen molar-refractivity contribution < 1.29 is 4.79 Å². The number of carbonyl (C=O) groups is 1. The highest BCUT2D eigenvalue weighted by Crippen LogP contribution is 2.19. The summed E-state index contributed by atoms with van der Waals surface area (Å²) in [4.78, 5) is 12.2. The number of hydrogen-bond acceptors (Lipinski definition) is 2. The summed E-state index contributed by atoms with van der Waals surface area (Å²) in [5.74, 6) is -0.131. The first kappa shape index (κ1) is 13.1. The Bertz CT molecular complexity index is 633. The van der Waals surface area contributed by atoms with Gasteiger partial charge in [-0.25, -0.2) is 0 Å². The van der Waals surface area contributed by atoms with Crippen LogP contribution < -0.4 is 11.1 Å². The summed E-state index contributed by atoms with van der Waals surface area (Å²) in [6, 6.07) is 11.2. The number of amides is 1. The van der Waals surface area contributed by atoms with Gasteiger partial charge in [0, 0.05) is 16.9 Å². The van der Waals surface area contributed by atoms with Crippen molar-refractivity contribution in [2.45, 2.75) is 20.8 Å². The molecule has 2 aromatic rings. The summed E-state index contributed by atoms with van der Waals surface area (Å²) in [5.41, 5.74) is 11.0. The van der Waals surface area contributed by atoms with Crippen molar-refractivity contribution in [1.29, 1.82) is 0 Å². The third-order valence-electron chi connectivity index (χ3n) is 3.39. The van der Waals surface area contributed by atoms with E-state index in [1.54, 1.807) is 18.2 Å². The van der Waals surface area contributed by atoms with Gasteiger partial charge in [-0.15, -0.1) is 0 Å². The topological polar surface area (TPSA) is 55.1 Å². The molecule has 0 aliphatic rings. The van der Waals surface area contributed by atoms with Gasteiger partial charge in [-0.05, 0) is 61.7 Å². The Morgan fingerprint density at radius 3 is 2.47 bits per heavy atom. The molecule has 98 valence electrons. The lowest BCUT2D eigenvalue weighted by Gasteiger charge is -2.10. The SMILES string of the molecule is Cc1ccc(NC(=O)c2cccc(N)c2C)cc1C. The Kier molecular flexibility index (Phi) is 3.56. The van der Waals surface area contributed by atoms with Crippen LogP contribution in [0, 0.1) is 20.8 Å². The molecule has 1 amide bonds. The lowest BCUT2D eigenvalue weighted by atomic mass is 10.1. The molecule has 0 spiro atoms. The molecule has 0 aliphatic heterocycles. The van der Waals surface area contributed by atoms with Crippen LogP contribution >= 0.6 is 0 Å². The Morgan fingerprint density at radius 1 is 1.05 bits per heavy atom. The monoisotopic (exact) mass is 254 g/mol. The van der Waals surface area contributed by atoms with Gasteiger partial charge in [0.1, 0.15) is 0 Å². The average molecular weight is 254 g/mol. The maximum absolute atomic E-state index is 12.2. The second-order valence-electron chi connectivity index (χ2n) is 4.77. The number of anilines is 2. The number of nitrogen functional groups attached to an aromatic ring is 1. The number of rotatable bonds is 2. The second-order valence-corrected chi connectivity index (χ2v) is 4.77. The molecular formula is C16H18N2O. The first-order valence-corrected chi connectivity index (χ1v) is 6.22. The van der Waals surface area contributed by atoms with Crippen LogP contribution in [0.15, 0.2) is 36.4 Å². The molecule has 0 aliphatic carbocycles. The maximum atomic E-state index is 12.2. The fourth-order valence-electron chi connectivity index (χ4n) is 1.92. The average Bonchev–Trinajstić information content (AvgIpc) is 2.37. The van der Waals surface area contributed by atoms with E-state index in [4.69, 9.17) is 5.73 Å². The van der Waals surface area contributed by atoms with Gasteiger partial charge in [-0.1, -0.05) is 12.1 Å². The molecule has 0 saturated heterocycles. The third kappa shape index (κ3) is 2.76. The minimum Gasteiger partial charge on any atom is -0.398 e. The van der Waals surface area contributed by atoms with E-state index in [9.17, 15) is 4.79 Å². The van der Waals surface area contributed by atoms with Crippen molar-refractivity contribution in [3.63, 3.8) is 0 Å². The van der Waals surface area contributed by atoms with Crippen molar-refractivity contribution in [3.05, 3.63) is 58.7 Å². The first-order valence-electron chi connectivity index (χ1n) is 6.22. The number of benzene rings is 2. The molecule has 0 radical (unpaired) electrons. The van der Waals surface area contributed by atoms with Crippen molar-refractivity contribution >= 4 is 17.3 Å². The molecule has 0 fully saturated rings. The van der Waals surface area contributed by atoms with E-state index in [-0.39, 0.29) is 5.91 Å². The van der Waals surface area contributed by atoms with E-state index >= 15 is 0 Å². The normalized spacial score (nSPS) is 10.3. The van der Waals surface area contributed by atoms with Crippen molar-refractivity contribution in [2.24, 2.45) is 0 Å². The minimum absolute atomic E-state index is 0.131. The number of nitrogens with one attached hydrogen (secondary N) is 1.